The second-order valence-corrected chi connectivity index (χ2v) is 6.99. The number of imide groups is 1. The zero-order valence-electron chi connectivity index (χ0n) is 14.4. The first-order valence-electron chi connectivity index (χ1n) is 8.85. The highest BCUT2D eigenvalue weighted by Gasteiger charge is 2.39. The maximum atomic E-state index is 12.3. The fourth-order valence-electron chi connectivity index (χ4n) is 3.60. The minimum atomic E-state index is -0.863. The molecule has 0 radical (unpaired) electrons. The van der Waals surface area contributed by atoms with E-state index >= 15 is 0 Å². The van der Waals surface area contributed by atoms with E-state index in [0.717, 1.165) is 18.0 Å². The lowest BCUT2D eigenvalue weighted by atomic mass is 10.0. The molecule has 0 aromatic rings. The highest BCUT2D eigenvalue weighted by atomic mass is 16.5. The Bertz CT molecular complexity index is 521. The third-order valence-corrected chi connectivity index (χ3v) is 5.02. The number of aliphatic hydroxyl groups is 1. The Morgan fingerprint density at radius 1 is 1.24 bits per heavy atom. The second-order valence-electron chi connectivity index (χ2n) is 6.99. The third kappa shape index (κ3) is 4.47. The Labute approximate surface area is 146 Å². The predicted molar refractivity (Wildman–Crippen MR) is 87.8 cm³/mol. The van der Waals surface area contributed by atoms with Crippen LogP contribution in [0, 0.1) is 0 Å². The van der Waals surface area contributed by atoms with E-state index in [1.807, 2.05) is 0 Å². The maximum absolute atomic E-state index is 12.3. The number of likely N-dealkylation sites (tertiary alicyclic amines) is 1. The van der Waals surface area contributed by atoms with Crippen molar-refractivity contribution in [2.45, 2.75) is 24.9 Å². The summed E-state index contributed by atoms with van der Waals surface area (Å²) in [7, 11) is 0. The van der Waals surface area contributed by atoms with E-state index in [2.05, 4.69) is 10.2 Å². The summed E-state index contributed by atoms with van der Waals surface area (Å²) < 4.78 is 5.31. The SMILES string of the molecule is O=C(CCCN1C(=O)CNC1=O)N1CCC(O)(CN2CCOCC2)C1. The van der Waals surface area contributed by atoms with Crippen LogP contribution >= 0.6 is 0 Å². The number of carbonyl (C=O) groups is 3. The normalized spacial score (nSPS) is 27.9. The molecule has 2 N–H and O–H groups in total. The highest BCUT2D eigenvalue weighted by Crippen LogP contribution is 2.24. The van der Waals surface area contributed by atoms with Gasteiger partial charge in [-0.1, -0.05) is 0 Å². The van der Waals surface area contributed by atoms with Gasteiger partial charge in [0.2, 0.25) is 11.8 Å². The highest BCUT2D eigenvalue weighted by molar-refractivity contribution is 6.01. The smallest absolute Gasteiger partial charge is 0.324 e. The van der Waals surface area contributed by atoms with Crippen molar-refractivity contribution in [1.29, 1.82) is 0 Å². The maximum Gasteiger partial charge on any atom is 0.324 e. The predicted octanol–water partition coefficient (Wildman–Crippen LogP) is -1.39. The minimum Gasteiger partial charge on any atom is -0.387 e. The average molecular weight is 354 g/mol. The van der Waals surface area contributed by atoms with Gasteiger partial charge in [-0.15, -0.1) is 0 Å². The number of amides is 4. The second kappa shape index (κ2) is 7.67. The third-order valence-electron chi connectivity index (χ3n) is 5.02. The molecule has 3 aliphatic rings. The van der Waals surface area contributed by atoms with Crippen molar-refractivity contribution < 1.29 is 24.2 Å². The Hall–Kier alpha value is -1.71. The molecule has 9 nitrogen and oxygen atoms in total. The molecule has 140 valence electrons. The van der Waals surface area contributed by atoms with Crippen LogP contribution in [-0.2, 0) is 14.3 Å². The largest absolute Gasteiger partial charge is 0.387 e. The van der Waals surface area contributed by atoms with E-state index in [9.17, 15) is 19.5 Å². The topological polar surface area (TPSA) is 102 Å². The summed E-state index contributed by atoms with van der Waals surface area (Å²) in [6, 6.07) is -0.390. The molecule has 0 aromatic heterocycles. The Morgan fingerprint density at radius 2 is 2.00 bits per heavy atom. The standard InChI is InChI=1S/C16H26N4O5/c21-13(2-1-4-20-14(22)10-17-15(20)23)19-5-3-16(24,12-19)11-18-6-8-25-9-7-18/h24H,1-12H2,(H,17,23). The van der Waals surface area contributed by atoms with Crippen LogP contribution in [0.2, 0.25) is 0 Å². The molecular formula is C16H26N4O5. The van der Waals surface area contributed by atoms with E-state index in [-0.39, 0.29) is 31.3 Å². The summed E-state index contributed by atoms with van der Waals surface area (Å²) in [5.74, 6) is -0.288. The van der Waals surface area contributed by atoms with Gasteiger partial charge in [-0.3, -0.25) is 19.4 Å². The molecule has 25 heavy (non-hydrogen) atoms. The number of carbonyl (C=O) groups excluding carboxylic acids is 3. The molecule has 4 amide bonds. The number of β-amino-alcohol motifs (C(OH)–C–C–N with tert-alkyl or cyclic N) is 1. The fraction of sp³-hybridized carbons (Fsp3) is 0.812. The number of hydrogen-bond acceptors (Lipinski definition) is 6. The number of rotatable bonds is 6. The van der Waals surface area contributed by atoms with Gasteiger partial charge >= 0.3 is 6.03 Å². The number of hydrogen-bond donors (Lipinski definition) is 2. The summed E-state index contributed by atoms with van der Waals surface area (Å²) >= 11 is 0. The van der Waals surface area contributed by atoms with Gasteiger partial charge in [0.25, 0.3) is 0 Å². The molecule has 3 saturated heterocycles. The first-order valence-corrected chi connectivity index (χ1v) is 8.85. The first-order chi connectivity index (χ1) is 12.0. The molecule has 3 aliphatic heterocycles. The summed E-state index contributed by atoms with van der Waals surface area (Å²) in [6.07, 6.45) is 1.28. The number of nitrogens with zero attached hydrogens (tertiary/aromatic N) is 3. The van der Waals surface area contributed by atoms with Gasteiger partial charge in [0, 0.05) is 39.1 Å². The lowest BCUT2D eigenvalue weighted by Crippen LogP contribution is -2.49. The van der Waals surface area contributed by atoms with E-state index < -0.39 is 11.6 Å². The van der Waals surface area contributed by atoms with E-state index in [4.69, 9.17) is 4.74 Å². The van der Waals surface area contributed by atoms with Crippen molar-refractivity contribution in [3.8, 4) is 0 Å². The van der Waals surface area contributed by atoms with E-state index in [1.54, 1.807) is 4.90 Å². The van der Waals surface area contributed by atoms with Crippen LogP contribution in [0.5, 0.6) is 0 Å². The van der Waals surface area contributed by atoms with Crippen molar-refractivity contribution in [3.05, 3.63) is 0 Å². The van der Waals surface area contributed by atoms with Crippen molar-refractivity contribution in [1.82, 2.24) is 20.0 Å². The number of morpholine rings is 1. The van der Waals surface area contributed by atoms with Crippen LogP contribution in [0.15, 0.2) is 0 Å². The van der Waals surface area contributed by atoms with Gasteiger partial charge in [-0.2, -0.15) is 0 Å². The summed E-state index contributed by atoms with van der Waals surface area (Å²) in [4.78, 5) is 40.3. The number of urea groups is 1. The van der Waals surface area contributed by atoms with Crippen LogP contribution < -0.4 is 5.32 Å². The van der Waals surface area contributed by atoms with Crippen molar-refractivity contribution in [3.63, 3.8) is 0 Å². The van der Waals surface area contributed by atoms with Gasteiger partial charge in [-0.25, -0.2) is 4.79 Å². The van der Waals surface area contributed by atoms with Crippen molar-refractivity contribution in [2.24, 2.45) is 0 Å². The van der Waals surface area contributed by atoms with Gasteiger partial charge in [-0.05, 0) is 12.8 Å². The zero-order chi connectivity index (χ0) is 17.9. The molecule has 1 unspecified atom stereocenters. The average Bonchev–Trinajstić information content (AvgIpc) is 3.13. The van der Waals surface area contributed by atoms with Gasteiger partial charge in [0.1, 0.15) is 0 Å². The van der Waals surface area contributed by atoms with Crippen LogP contribution in [0.25, 0.3) is 0 Å². The molecule has 3 heterocycles. The summed E-state index contributed by atoms with van der Waals surface area (Å²) in [6.45, 7) is 4.71. The number of nitrogens with one attached hydrogen (secondary N) is 1. The molecule has 0 aromatic carbocycles. The van der Waals surface area contributed by atoms with Crippen molar-refractivity contribution >= 4 is 17.8 Å². The van der Waals surface area contributed by atoms with Gasteiger partial charge in [0.15, 0.2) is 0 Å². The molecule has 0 spiro atoms. The Balaban J connectivity index is 1.41. The molecule has 3 rings (SSSR count). The van der Waals surface area contributed by atoms with Gasteiger partial charge in [0.05, 0.1) is 31.9 Å². The number of ether oxygens (including phenoxy) is 1. The van der Waals surface area contributed by atoms with E-state index in [1.165, 1.54) is 0 Å². The molecule has 9 heteroatoms. The van der Waals surface area contributed by atoms with Gasteiger partial charge < -0.3 is 20.1 Å². The van der Waals surface area contributed by atoms with Crippen LogP contribution in [-0.4, -0.2) is 102 Å². The van der Waals surface area contributed by atoms with E-state index in [0.29, 0.717) is 45.7 Å². The van der Waals surface area contributed by atoms with Crippen LogP contribution in [0.1, 0.15) is 19.3 Å². The molecular weight excluding hydrogens is 328 g/mol. The van der Waals surface area contributed by atoms with Crippen molar-refractivity contribution in [2.75, 3.05) is 59.0 Å². The monoisotopic (exact) mass is 354 g/mol. The minimum absolute atomic E-state index is 0.0352. The quantitative estimate of drug-likeness (QED) is 0.570. The summed E-state index contributed by atoms with van der Waals surface area (Å²) in [5, 5.41) is 13.2. The molecule has 3 fully saturated rings. The fourth-order valence-corrected chi connectivity index (χ4v) is 3.60. The Kier molecular flexibility index (Phi) is 5.55. The molecule has 0 saturated carbocycles. The Morgan fingerprint density at radius 3 is 2.68 bits per heavy atom. The van der Waals surface area contributed by atoms with Crippen LogP contribution in [0.4, 0.5) is 4.79 Å². The lowest BCUT2D eigenvalue weighted by Gasteiger charge is -2.33. The molecule has 0 bridgehead atoms. The summed E-state index contributed by atoms with van der Waals surface area (Å²) in [5.41, 5.74) is -0.863. The molecule has 0 aliphatic carbocycles. The van der Waals surface area contributed by atoms with Crippen LogP contribution in [0.3, 0.4) is 0 Å². The lowest BCUT2D eigenvalue weighted by molar-refractivity contribution is -0.132. The molecule has 1 atom stereocenters. The zero-order valence-corrected chi connectivity index (χ0v) is 14.4. The first kappa shape index (κ1) is 18.1.